The van der Waals surface area contributed by atoms with Crippen molar-refractivity contribution >= 4 is 64.9 Å². The number of nitrogens with zero attached hydrogens (tertiary/aromatic N) is 3. The molecule has 1 aromatic carbocycles. The molecule has 1 saturated heterocycles. The second kappa shape index (κ2) is 19.5. The van der Waals surface area contributed by atoms with Crippen LogP contribution in [0.3, 0.4) is 0 Å². The number of aromatic nitrogens is 2. The van der Waals surface area contributed by atoms with Crippen LogP contribution in [0.1, 0.15) is 84.9 Å². The van der Waals surface area contributed by atoms with Gasteiger partial charge in [-0.15, -0.1) is 0 Å². The number of aliphatic hydroxyl groups excluding tert-OH is 1. The molecule has 1 fully saturated rings. The molecule has 0 saturated carbocycles. The summed E-state index contributed by atoms with van der Waals surface area (Å²) >= 11 is 4.08. The van der Waals surface area contributed by atoms with Crippen LogP contribution in [0.5, 0.6) is 0 Å². The van der Waals surface area contributed by atoms with E-state index in [0.29, 0.717) is 65.7 Å². The molecular weight excluding hydrogens is 856 g/mol. The smallest absolute Gasteiger partial charge is 0.257 e. The van der Waals surface area contributed by atoms with Crippen molar-refractivity contribution in [2.24, 2.45) is 0 Å². The summed E-state index contributed by atoms with van der Waals surface area (Å²) in [6.07, 6.45) is 2.00. The quantitative estimate of drug-likeness (QED) is 0.0297. The Kier molecular flexibility index (Phi) is 14.1. The molecule has 7 rings (SSSR count). The van der Waals surface area contributed by atoms with E-state index < -0.39 is 60.0 Å². The fourth-order valence-corrected chi connectivity index (χ4v) is 9.04. The van der Waals surface area contributed by atoms with Gasteiger partial charge in [-0.05, 0) is 60.9 Å². The Morgan fingerprint density at radius 2 is 1.58 bits per heavy atom. The van der Waals surface area contributed by atoms with Crippen LogP contribution >= 0.6 is 12.6 Å². The van der Waals surface area contributed by atoms with Gasteiger partial charge in [-0.2, -0.15) is 12.6 Å². The van der Waals surface area contributed by atoms with Gasteiger partial charge in [0, 0.05) is 47.4 Å². The molecule has 0 radical (unpaired) electrons. The highest BCUT2D eigenvalue weighted by atomic mass is 32.1. The van der Waals surface area contributed by atoms with Gasteiger partial charge < -0.3 is 45.7 Å². The van der Waals surface area contributed by atoms with Crippen molar-refractivity contribution in [3.63, 3.8) is 0 Å². The molecule has 3 atom stereocenters. The van der Waals surface area contributed by atoms with E-state index in [1.165, 1.54) is 11.0 Å². The number of pyridine rings is 2. The minimum atomic E-state index is -0.963. The maximum Gasteiger partial charge on any atom is 0.257 e. The van der Waals surface area contributed by atoms with E-state index in [0.717, 1.165) is 22.1 Å². The number of amides is 7. The van der Waals surface area contributed by atoms with E-state index in [4.69, 9.17) is 14.5 Å². The number of carbonyl (C=O) groups excluding carboxylic acids is 7. The summed E-state index contributed by atoms with van der Waals surface area (Å²) in [5.74, 6) is -3.83. The summed E-state index contributed by atoms with van der Waals surface area (Å²) in [6, 6.07) is 3.19. The first-order chi connectivity index (χ1) is 30.6. The van der Waals surface area contributed by atoms with E-state index in [9.17, 15) is 43.5 Å². The molecule has 342 valence electrons. The van der Waals surface area contributed by atoms with Crippen molar-refractivity contribution in [2.45, 2.75) is 88.7 Å². The minimum Gasteiger partial charge on any atom is -0.386 e. The number of rotatable bonds is 18. The monoisotopic (exact) mass is 906 g/mol. The molecular formula is C43H51FN8O11S. The van der Waals surface area contributed by atoms with Gasteiger partial charge in [-0.3, -0.25) is 43.3 Å². The van der Waals surface area contributed by atoms with Gasteiger partial charge >= 0.3 is 0 Å². The standard InChI is InChI=1S/C43H51FN8O11S/c1-22-23-7-8-43(2,39-25-17-52-29(40(25)50-28(38(23)39)11-27(22)44)10-24-26(41(52)60)18-62-19-30(24)53)20-63-21-49-36(58)16-48-35(57)15-47-34(56)14-46-33(55)13-45-32(54)6-4-3-5-9-51-37(59)12-31(64)42(51)61/h10-11,30-31,53,64H,3-9,12-21H2,1-2H3,(H,45,54)(H,46,55)(H,47,56)(H,48,57)(H,49,58). The maximum atomic E-state index is 15.2. The molecule has 0 bridgehead atoms. The van der Waals surface area contributed by atoms with Crippen LogP contribution in [0.25, 0.3) is 22.3 Å². The molecule has 0 spiro atoms. The van der Waals surface area contributed by atoms with E-state index in [1.807, 2.05) is 6.92 Å². The first-order valence-corrected chi connectivity index (χ1v) is 21.7. The van der Waals surface area contributed by atoms with Crippen LogP contribution in [-0.2, 0) is 68.0 Å². The number of thiol groups is 1. The fraction of sp³-hybridized carbons (Fsp3) is 0.512. The lowest BCUT2D eigenvalue weighted by Crippen LogP contribution is -2.45. The van der Waals surface area contributed by atoms with Crippen molar-refractivity contribution in [1.82, 2.24) is 41.0 Å². The molecule has 19 nitrogen and oxygen atoms in total. The number of hydrogen-bond donors (Lipinski definition) is 7. The van der Waals surface area contributed by atoms with Crippen LogP contribution in [-0.4, -0.2) is 119 Å². The summed E-state index contributed by atoms with van der Waals surface area (Å²) in [6.45, 7) is 2.67. The number of nitrogens with one attached hydrogen (secondary N) is 5. The Bertz CT molecular complexity index is 2500. The number of aryl methyl sites for hydroxylation is 1. The SMILES string of the molecule is Cc1c(F)cc2nc3c(c4c2c1CCC4(C)COCNC(=O)CNC(=O)CNC(=O)CNC(=O)CNC(=O)CCCCCN1C(=O)CC(S)C1=O)Cn1c-3cc2c(c1=O)COCC2O. The third kappa shape index (κ3) is 9.81. The van der Waals surface area contributed by atoms with Gasteiger partial charge in [0.15, 0.2) is 0 Å². The molecule has 64 heavy (non-hydrogen) atoms. The lowest BCUT2D eigenvalue weighted by Gasteiger charge is -2.37. The molecule has 21 heteroatoms. The van der Waals surface area contributed by atoms with Crippen molar-refractivity contribution in [3.8, 4) is 11.4 Å². The maximum absolute atomic E-state index is 15.2. The van der Waals surface area contributed by atoms with Gasteiger partial charge in [0.1, 0.15) is 18.7 Å². The molecule has 3 aliphatic heterocycles. The molecule has 3 unspecified atom stereocenters. The minimum absolute atomic E-state index is 0.0678. The van der Waals surface area contributed by atoms with Gasteiger partial charge in [-0.1, -0.05) is 13.3 Å². The lowest BCUT2D eigenvalue weighted by molar-refractivity contribution is -0.138. The van der Waals surface area contributed by atoms with E-state index in [1.54, 1.807) is 17.6 Å². The number of unbranched alkanes of at least 4 members (excludes halogenated alkanes) is 2. The Hall–Kier alpha value is -5.77. The number of hydrogen-bond acceptors (Lipinski definition) is 13. The summed E-state index contributed by atoms with van der Waals surface area (Å²) in [5, 5.41) is 23.0. The summed E-state index contributed by atoms with van der Waals surface area (Å²) < 4.78 is 28.3. The molecule has 6 N–H and O–H groups in total. The number of likely N-dealkylation sites (tertiary alicyclic amines) is 1. The van der Waals surface area contributed by atoms with Crippen molar-refractivity contribution in [3.05, 3.63) is 61.7 Å². The third-order valence-corrected chi connectivity index (χ3v) is 12.6. The van der Waals surface area contributed by atoms with E-state index in [2.05, 4.69) is 39.2 Å². The average molecular weight is 907 g/mol. The second-order valence-electron chi connectivity index (χ2n) is 16.7. The Morgan fingerprint density at radius 3 is 2.23 bits per heavy atom. The molecule has 1 aliphatic carbocycles. The summed E-state index contributed by atoms with van der Waals surface area (Å²) in [5.41, 5.74) is 4.59. The lowest BCUT2D eigenvalue weighted by atomic mass is 9.69. The topological polar surface area (TPSA) is 256 Å². The van der Waals surface area contributed by atoms with Crippen molar-refractivity contribution in [2.75, 3.05) is 52.7 Å². The highest BCUT2D eigenvalue weighted by Gasteiger charge is 2.41. The predicted molar refractivity (Wildman–Crippen MR) is 229 cm³/mol. The normalized spacial score (nSPS) is 19.5. The van der Waals surface area contributed by atoms with E-state index >= 15 is 4.39 Å². The zero-order valence-electron chi connectivity index (χ0n) is 35.5. The first kappa shape index (κ1) is 46.2. The third-order valence-electron chi connectivity index (χ3n) is 12.2. The average Bonchev–Trinajstić information content (AvgIpc) is 3.75. The molecule has 7 amide bonds. The van der Waals surface area contributed by atoms with Gasteiger partial charge in [0.25, 0.3) is 5.56 Å². The zero-order chi connectivity index (χ0) is 45.9. The van der Waals surface area contributed by atoms with Crippen LogP contribution in [0.2, 0.25) is 0 Å². The number of benzene rings is 1. The molecule has 3 aromatic rings. The zero-order valence-corrected chi connectivity index (χ0v) is 36.4. The first-order valence-electron chi connectivity index (χ1n) is 21.2. The number of halogens is 1. The van der Waals surface area contributed by atoms with Gasteiger partial charge in [0.2, 0.25) is 41.4 Å². The predicted octanol–water partition coefficient (Wildman–Crippen LogP) is -0.187. The van der Waals surface area contributed by atoms with Crippen LogP contribution in [0.15, 0.2) is 16.9 Å². The Labute approximate surface area is 372 Å². The van der Waals surface area contributed by atoms with Gasteiger partial charge in [0.05, 0.1) is 74.7 Å². The fourth-order valence-electron chi connectivity index (χ4n) is 8.74. The number of carbonyl (C=O) groups is 7. The molecule has 2 aromatic heterocycles. The van der Waals surface area contributed by atoms with E-state index in [-0.39, 0.29) is 88.1 Å². The number of aliphatic hydroxyl groups is 1. The second-order valence-corrected chi connectivity index (χ2v) is 17.4. The van der Waals surface area contributed by atoms with Crippen LogP contribution in [0.4, 0.5) is 4.39 Å². The molecule has 4 aliphatic rings. The summed E-state index contributed by atoms with van der Waals surface area (Å²) in [7, 11) is 0. The van der Waals surface area contributed by atoms with Crippen molar-refractivity contribution in [1.29, 1.82) is 0 Å². The highest BCUT2D eigenvalue weighted by Crippen LogP contribution is 2.48. The largest absolute Gasteiger partial charge is 0.386 e. The Balaban J connectivity index is 0.821. The van der Waals surface area contributed by atoms with Crippen LogP contribution < -0.4 is 32.1 Å². The highest BCUT2D eigenvalue weighted by molar-refractivity contribution is 7.81. The van der Waals surface area contributed by atoms with Crippen LogP contribution in [0, 0.1) is 12.7 Å². The number of imide groups is 1. The number of ether oxygens (including phenoxy) is 2. The molecule has 5 heterocycles. The Morgan fingerprint density at radius 1 is 0.922 bits per heavy atom. The van der Waals surface area contributed by atoms with Gasteiger partial charge in [-0.25, -0.2) is 9.37 Å². The van der Waals surface area contributed by atoms with Crippen molar-refractivity contribution < 1.29 is 52.5 Å². The summed E-state index contributed by atoms with van der Waals surface area (Å²) in [4.78, 5) is 105. The number of fused-ring (bicyclic) bond motifs is 5.